The minimum Gasteiger partial charge on any atom is -0.376 e. The van der Waals surface area contributed by atoms with Crippen LogP contribution < -0.4 is 20.9 Å². The first kappa shape index (κ1) is 21.2. The summed E-state index contributed by atoms with van der Waals surface area (Å²) in [5.41, 5.74) is 3.12. The quantitative estimate of drug-likeness (QED) is 0.638. The maximum atomic E-state index is 13.0. The van der Waals surface area contributed by atoms with E-state index in [1.807, 2.05) is 42.5 Å². The van der Waals surface area contributed by atoms with E-state index in [0.717, 1.165) is 56.6 Å². The molecule has 0 bridgehead atoms. The molecule has 7 nitrogen and oxygen atoms in total. The topological polar surface area (TPSA) is 82.7 Å². The van der Waals surface area contributed by atoms with Crippen LogP contribution in [0, 0.1) is 0 Å². The molecule has 2 saturated heterocycles. The van der Waals surface area contributed by atoms with E-state index in [0.29, 0.717) is 24.3 Å². The Labute approximate surface area is 183 Å². The standard InChI is InChI=1S/C24H30N4O3/c29-23(25-17-20-9-6-14-31-20)21-15-19(10-11-22(21)28-12-4-5-13-28)27-24(30)26-16-18-7-2-1-3-8-18/h1-3,7-8,10-11,15,20H,4-6,9,12-14,16-17H2,(H,25,29)(H2,26,27,30)/t20-/m1/s1. The molecule has 31 heavy (non-hydrogen) atoms. The number of nitrogens with one attached hydrogen (secondary N) is 3. The van der Waals surface area contributed by atoms with Crippen LogP contribution >= 0.6 is 0 Å². The Bertz CT molecular complexity index is 891. The average Bonchev–Trinajstić information content (AvgIpc) is 3.51. The van der Waals surface area contributed by atoms with Crippen LogP contribution in [0.5, 0.6) is 0 Å². The Hall–Kier alpha value is -3.06. The molecule has 164 valence electrons. The summed E-state index contributed by atoms with van der Waals surface area (Å²) in [5.74, 6) is -0.134. The second-order valence-electron chi connectivity index (χ2n) is 8.06. The van der Waals surface area contributed by atoms with E-state index in [-0.39, 0.29) is 18.0 Å². The van der Waals surface area contributed by atoms with Crippen molar-refractivity contribution in [3.05, 3.63) is 59.7 Å². The Morgan fingerprint density at radius 2 is 1.81 bits per heavy atom. The fraction of sp³-hybridized carbons (Fsp3) is 0.417. The van der Waals surface area contributed by atoms with Crippen molar-refractivity contribution in [2.45, 2.75) is 38.3 Å². The fourth-order valence-corrected chi connectivity index (χ4v) is 4.09. The lowest BCUT2D eigenvalue weighted by molar-refractivity contribution is 0.0858. The van der Waals surface area contributed by atoms with Gasteiger partial charge in [-0.2, -0.15) is 0 Å². The number of ether oxygens (including phenoxy) is 1. The number of benzene rings is 2. The summed E-state index contributed by atoms with van der Waals surface area (Å²) in [7, 11) is 0. The zero-order chi connectivity index (χ0) is 21.5. The number of carbonyl (C=O) groups is 2. The molecule has 0 saturated carbocycles. The van der Waals surface area contributed by atoms with E-state index in [2.05, 4.69) is 20.9 Å². The molecule has 2 aliphatic heterocycles. The van der Waals surface area contributed by atoms with Crippen LogP contribution in [-0.2, 0) is 11.3 Å². The maximum absolute atomic E-state index is 13.0. The van der Waals surface area contributed by atoms with Gasteiger partial charge in [0.1, 0.15) is 0 Å². The van der Waals surface area contributed by atoms with Crippen LogP contribution in [0.2, 0.25) is 0 Å². The van der Waals surface area contributed by atoms with Crippen LogP contribution in [0.1, 0.15) is 41.6 Å². The second kappa shape index (κ2) is 10.3. The Morgan fingerprint density at radius 3 is 2.55 bits per heavy atom. The molecule has 2 fully saturated rings. The summed E-state index contributed by atoms with van der Waals surface area (Å²) in [4.78, 5) is 27.6. The molecule has 2 aliphatic rings. The SMILES string of the molecule is O=C(NCc1ccccc1)Nc1ccc(N2CCCC2)c(C(=O)NC[C@H]2CCCO2)c1. The average molecular weight is 423 g/mol. The summed E-state index contributed by atoms with van der Waals surface area (Å²) >= 11 is 0. The van der Waals surface area contributed by atoms with Crippen LogP contribution in [0.3, 0.4) is 0 Å². The van der Waals surface area contributed by atoms with Gasteiger partial charge < -0.3 is 25.6 Å². The molecule has 2 aromatic rings. The van der Waals surface area contributed by atoms with E-state index in [1.54, 1.807) is 6.07 Å². The number of amides is 3. The molecule has 2 heterocycles. The predicted molar refractivity (Wildman–Crippen MR) is 121 cm³/mol. The molecule has 0 unspecified atom stereocenters. The maximum Gasteiger partial charge on any atom is 0.319 e. The van der Waals surface area contributed by atoms with Crippen molar-refractivity contribution in [2.75, 3.05) is 36.5 Å². The smallest absolute Gasteiger partial charge is 0.319 e. The highest BCUT2D eigenvalue weighted by Crippen LogP contribution is 2.27. The van der Waals surface area contributed by atoms with Gasteiger partial charge in [-0.1, -0.05) is 30.3 Å². The first-order valence-electron chi connectivity index (χ1n) is 11.1. The highest BCUT2D eigenvalue weighted by molar-refractivity contribution is 6.02. The molecule has 3 amide bonds. The third-order valence-corrected chi connectivity index (χ3v) is 5.76. The first-order chi connectivity index (χ1) is 15.2. The second-order valence-corrected chi connectivity index (χ2v) is 8.06. The molecule has 0 aliphatic carbocycles. The predicted octanol–water partition coefficient (Wildman–Crippen LogP) is 3.52. The van der Waals surface area contributed by atoms with Gasteiger partial charge in [-0.25, -0.2) is 4.79 Å². The van der Waals surface area contributed by atoms with Crippen LogP contribution in [0.15, 0.2) is 48.5 Å². The summed E-state index contributed by atoms with van der Waals surface area (Å²) in [6.45, 7) is 3.59. The van der Waals surface area contributed by atoms with Gasteiger partial charge in [0, 0.05) is 44.2 Å². The normalized spacial score (nSPS) is 18.1. The van der Waals surface area contributed by atoms with Crippen molar-refractivity contribution in [2.24, 2.45) is 0 Å². The number of nitrogens with zero attached hydrogens (tertiary/aromatic N) is 1. The van der Waals surface area contributed by atoms with Gasteiger partial charge in [0.25, 0.3) is 5.91 Å². The zero-order valence-corrected chi connectivity index (χ0v) is 17.7. The van der Waals surface area contributed by atoms with Crippen molar-refractivity contribution in [1.29, 1.82) is 0 Å². The summed E-state index contributed by atoms with van der Waals surface area (Å²) in [6, 6.07) is 15.0. The van der Waals surface area contributed by atoms with Gasteiger partial charge in [0.05, 0.1) is 11.7 Å². The lowest BCUT2D eigenvalue weighted by atomic mass is 10.1. The molecule has 1 atom stereocenters. The third-order valence-electron chi connectivity index (χ3n) is 5.76. The van der Waals surface area contributed by atoms with Crippen molar-refractivity contribution in [1.82, 2.24) is 10.6 Å². The van der Waals surface area contributed by atoms with Gasteiger partial charge in [0.2, 0.25) is 0 Å². The summed E-state index contributed by atoms with van der Waals surface area (Å²) < 4.78 is 5.62. The number of anilines is 2. The minimum absolute atomic E-state index is 0.0873. The Balaban J connectivity index is 1.43. The Kier molecular flexibility index (Phi) is 7.04. The number of hydrogen-bond donors (Lipinski definition) is 3. The van der Waals surface area contributed by atoms with Crippen molar-refractivity contribution >= 4 is 23.3 Å². The number of urea groups is 1. The molecule has 0 spiro atoms. The fourth-order valence-electron chi connectivity index (χ4n) is 4.09. The summed E-state index contributed by atoms with van der Waals surface area (Å²) in [5, 5.41) is 8.71. The highest BCUT2D eigenvalue weighted by atomic mass is 16.5. The lowest BCUT2D eigenvalue weighted by Gasteiger charge is -2.22. The molecule has 0 radical (unpaired) electrons. The first-order valence-corrected chi connectivity index (χ1v) is 11.1. The van der Waals surface area contributed by atoms with Crippen LogP contribution in [0.25, 0.3) is 0 Å². The van der Waals surface area contributed by atoms with E-state index in [4.69, 9.17) is 4.74 Å². The molecule has 0 aromatic heterocycles. The zero-order valence-electron chi connectivity index (χ0n) is 17.7. The number of hydrogen-bond acceptors (Lipinski definition) is 4. The van der Waals surface area contributed by atoms with Gasteiger partial charge in [-0.05, 0) is 49.4 Å². The van der Waals surface area contributed by atoms with Gasteiger partial charge in [-0.3, -0.25) is 4.79 Å². The van der Waals surface area contributed by atoms with Gasteiger partial charge >= 0.3 is 6.03 Å². The molecular formula is C24H30N4O3. The van der Waals surface area contributed by atoms with E-state index >= 15 is 0 Å². The molecule has 7 heteroatoms. The molecule has 2 aromatic carbocycles. The van der Waals surface area contributed by atoms with Gasteiger partial charge in [-0.15, -0.1) is 0 Å². The third kappa shape index (κ3) is 5.76. The molecule has 4 rings (SSSR count). The monoisotopic (exact) mass is 422 g/mol. The van der Waals surface area contributed by atoms with Gasteiger partial charge in [0.15, 0.2) is 0 Å². The van der Waals surface area contributed by atoms with E-state index in [9.17, 15) is 9.59 Å². The van der Waals surface area contributed by atoms with Crippen molar-refractivity contribution in [3.8, 4) is 0 Å². The highest BCUT2D eigenvalue weighted by Gasteiger charge is 2.22. The minimum atomic E-state index is -0.302. The molecular weight excluding hydrogens is 392 g/mol. The lowest BCUT2D eigenvalue weighted by Crippen LogP contribution is -2.33. The van der Waals surface area contributed by atoms with E-state index in [1.165, 1.54) is 0 Å². The Morgan fingerprint density at radius 1 is 1.00 bits per heavy atom. The van der Waals surface area contributed by atoms with Crippen LogP contribution in [0.4, 0.5) is 16.2 Å². The number of rotatable bonds is 7. The number of carbonyl (C=O) groups excluding carboxylic acids is 2. The summed E-state index contributed by atoms with van der Waals surface area (Å²) in [6.07, 6.45) is 4.35. The largest absolute Gasteiger partial charge is 0.376 e. The van der Waals surface area contributed by atoms with Crippen LogP contribution in [-0.4, -0.2) is 44.3 Å². The molecule has 3 N–H and O–H groups in total. The van der Waals surface area contributed by atoms with Crippen molar-refractivity contribution < 1.29 is 14.3 Å². The van der Waals surface area contributed by atoms with E-state index < -0.39 is 0 Å². The van der Waals surface area contributed by atoms with Crippen molar-refractivity contribution in [3.63, 3.8) is 0 Å².